The third kappa shape index (κ3) is 3.44. The number of carbonyl (C=O) groups is 2. The smallest absolute Gasteiger partial charge is 0.256 e. The second kappa shape index (κ2) is 6.02. The van der Waals surface area contributed by atoms with Gasteiger partial charge in [-0.05, 0) is 18.9 Å². The largest absolute Gasteiger partial charge is 0.353 e. The number of amides is 2. The van der Waals surface area contributed by atoms with E-state index < -0.39 is 0 Å². The molecule has 0 spiro atoms. The van der Waals surface area contributed by atoms with Crippen molar-refractivity contribution in [3.63, 3.8) is 0 Å². The second-order valence-electron chi connectivity index (χ2n) is 4.62. The highest BCUT2D eigenvalue weighted by molar-refractivity contribution is 6.33. The van der Waals surface area contributed by atoms with E-state index in [0.717, 1.165) is 12.8 Å². The second-order valence-corrected chi connectivity index (χ2v) is 5.03. The first-order chi connectivity index (χ1) is 9.08. The Balaban J connectivity index is 1.96. The van der Waals surface area contributed by atoms with Crippen LogP contribution in [0.1, 0.15) is 30.1 Å². The van der Waals surface area contributed by atoms with Gasteiger partial charge in [-0.25, -0.2) is 0 Å². The molecule has 1 aliphatic rings. The summed E-state index contributed by atoms with van der Waals surface area (Å²) in [4.78, 5) is 28.9. The van der Waals surface area contributed by atoms with E-state index in [4.69, 9.17) is 11.6 Å². The molecule has 1 aromatic heterocycles. The normalized spacial score (nSPS) is 16.2. The molecule has 0 aromatic carbocycles. The van der Waals surface area contributed by atoms with Gasteiger partial charge >= 0.3 is 0 Å². The highest BCUT2D eigenvalue weighted by Gasteiger charge is 2.25. The molecule has 2 heterocycles. The van der Waals surface area contributed by atoms with E-state index in [-0.39, 0.29) is 17.9 Å². The molecule has 0 saturated carbocycles. The van der Waals surface area contributed by atoms with Crippen LogP contribution < -0.4 is 5.32 Å². The number of nitrogens with one attached hydrogen (secondary N) is 1. The highest BCUT2D eigenvalue weighted by atomic mass is 35.5. The number of rotatable bonds is 2. The van der Waals surface area contributed by atoms with Crippen LogP contribution in [0.3, 0.4) is 0 Å². The molecule has 0 unspecified atom stereocenters. The van der Waals surface area contributed by atoms with Crippen molar-refractivity contribution in [1.82, 2.24) is 15.2 Å². The summed E-state index contributed by atoms with van der Waals surface area (Å²) in [5.41, 5.74) is 0.433. The first-order valence-electron chi connectivity index (χ1n) is 6.24. The van der Waals surface area contributed by atoms with E-state index in [1.807, 2.05) is 0 Å². The van der Waals surface area contributed by atoms with Crippen LogP contribution in [0.15, 0.2) is 18.5 Å². The molecule has 5 nitrogen and oxygen atoms in total. The van der Waals surface area contributed by atoms with Crippen molar-refractivity contribution in [1.29, 1.82) is 0 Å². The van der Waals surface area contributed by atoms with E-state index in [1.54, 1.807) is 17.2 Å². The minimum Gasteiger partial charge on any atom is -0.353 e. The van der Waals surface area contributed by atoms with E-state index in [1.165, 1.54) is 13.1 Å². The molecule has 1 aliphatic heterocycles. The van der Waals surface area contributed by atoms with Gasteiger partial charge in [-0.3, -0.25) is 14.6 Å². The van der Waals surface area contributed by atoms with Gasteiger partial charge in [0.1, 0.15) is 0 Å². The Morgan fingerprint density at radius 3 is 2.68 bits per heavy atom. The van der Waals surface area contributed by atoms with Crippen molar-refractivity contribution < 1.29 is 9.59 Å². The quantitative estimate of drug-likeness (QED) is 0.893. The molecule has 6 heteroatoms. The van der Waals surface area contributed by atoms with Crippen LogP contribution in [0.25, 0.3) is 0 Å². The summed E-state index contributed by atoms with van der Waals surface area (Å²) >= 11 is 5.99. The summed E-state index contributed by atoms with van der Waals surface area (Å²) in [6.07, 6.45) is 4.58. The van der Waals surface area contributed by atoms with Gasteiger partial charge in [0.25, 0.3) is 5.91 Å². The summed E-state index contributed by atoms with van der Waals surface area (Å²) in [6.45, 7) is 2.75. The third-order valence-corrected chi connectivity index (χ3v) is 3.52. The zero-order valence-corrected chi connectivity index (χ0v) is 11.5. The number of carbonyl (C=O) groups excluding carboxylic acids is 2. The Bertz CT molecular complexity index is 485. The summed E-state index contributed by atoms with van der Waals surface area (Å²) in [7, 11) is 0. The molecule has 0 radical (unpaired) electrons. The molecule has 19 heavy (non-hydrogen) atoms. The summed E-state index contributed by atoms with van der Waals surface area (Å²) in [5.74, 6) is -0.126. The Morgan fingerprint density at radius 2 is 2.11 bits per heavy atom. The Kier molecular flexibility index (Phi) is 4.37. The van der Waals surface area contributed by atoms with E-state index >= 15 is 0 Å². The lowest BCUT2D eigenvalue weighted by atomic mass is 10.0. The number of nitrogens with zero attached hydrogens (tertiary/aromatic N) is 2. The number of likely N-dealkylation sites (tertiary alicyclic amines) is 1. The number of halogens is 1. The van der Waals surface area contributed by atoms with Gasteiger partial charge in [-0.2, -0.15) is 0 Å². The summed E-state index contributed by atoms with van der Waals surface area (Å²) < 4.78 is 0. The summed E-state index contributed by atoms with van der Waals surface area (Å²) in [5, 5.41) is 3.30. The maximum atomic E-state index is 12.3. The molecule has 1 saturated heterocycles. The zero-order chi connectivity index (χ0) is 13.8. The van der Waals surface area contributed by atoms with Gasteiger partial charge in [0.2, 0.25) is 5.91 Å². The van der Waals surface area contributed by atoms with Gasteiger partial charge < -0.3 is 10.2 Å². The fourth-order valence-electron chi connectivity index (χ4n) is 2.22. The molecule has 1 fully saturated rings. The molecule has 0 aliphatic carbocycles. The van der Waals surface area contributed by atoms with E-state index in [9.17, 15) is 9.59 Å². The van der Waals surface area contributed by atoms with Crippen molar-refractivity contribution in [3.8, 4) is 0 Å². The van der Waals surface area contributed by atoms with Crippen LogP contribution in [-0.4, -0.2) is 40.8 Å². The van der Waals surface area contributed by atoms with Crippen LogP contribution in [0.2, 0.25) is 5.02 Å². The van der Waals surface area contributed by atoms with E-state index in [0.29, 0.717) is 23.7 Å². The standard InChI is InChI=1S/C13H16ClN3O2/c1-9(18)16-10-3-6-17(7-4-10)13(19)11-8-15-5-2-12(11)14/h2,5,8,10H,3-4,6-7H2,1H3,(H,16,18). The lowest BCUT2D eigenvalue weighted by molar-refractivity contribution is -0.119. The van der Waals surface area contributed by atoms with Gasteiger partial charge in [0.15, 0.2) is 0 Å². The molecule has 0 bridgehead atoms. The molecular weight excluding hydrogens is 266 g/mol. The van der Waals surface area contributed by atoms with Crippen molar-refractivity contribution in [2.75, 3.05) is 13.1 Å². The van der Waals surface area contributed by atoms with Crippen molar-refractivity contribution >= 4 is 23.4 Å². The molecule has 0 atom stereocenters. The van der Waals surface area contributed by atoms with Crippen molar-refractivity contribution in [2.45, 2.75) is 25.8 Å². The predicted molar refractivity (Wildman–Crippen MR) is 72.0 cm³/mol. The molecule has 2 amide bonds. The van der Waals surface area contributed by atoms with Gasteiger partial charge in [0, 0.05) is 38.4 Å². The van der Waals surface area contributed by atoms with Crippen LogP contribution >= 0.6 is 11.6 Å². The van der Waals surface area contributed by atoms with Crippen molar-refractivity contribution in [3.05, 3.63) is 29.0 Å². The number of piperidine rings is 1. The number of pyridine rings is 1. The third-order valence-electron chi connectivity index (χ3n) is 3.19. The van der Waals surface area contributed by atoms with Gasteiger partial charge in [0.05, 0.1) is 10.6 Å². The lowest BCUT2D eigenvalue weighted by Crippen LogP contribution is -2.46. The van der Waals surface area contributed by atoms with Crippen molar-refractivity contribution in [2.24, 2.45) is 0 Å². The first-order valence-corrected chi connectivity index (χ1v) is 6.61. The molecule has 2 rings (SSSR count). The fraction of sp³-hybridized carbons (Fsp3) is 0.462. The van der Waals surface area contributed by atoms with Crippen LogP contribution in [0.5, 0.6) is 0 Å². The predicted octanol–water partition coefficient (Wildman–Crippen LogP) is 1.48. The molecular formula is C13H16ClN3O2. The number of hydrogen-bond acceptors (Lipinski definition) is 3. The topological polar surface area (TPSA) is 62.3 Å². The maximum absolute atomic E-state index is 12.3. The molecule has 1 N–H and O–H groups in total. The van der Waals surface area contributed by atoms with Crippen LogP contribution in [-0.2, 0) is 4.79 Å². The first kappa shape index (κ1) is 13.8. The van der Waals surface area contributed by atoms with Crippen LogP contribution in [0.4, 0.5) is 0 Å². The van der Waals surface area contributed by atoms with Gasteiger partial charge in [-0.1, -0.05) is 11.6 Å². The fourth-order valence-corrected chi connectivity index (χ4v) is 2.41. The average molecular weight is 282 g/mol. The lowest BCUT2D eigenvalue weighted by Gasteiger charge is -2.32. The van der Waals surface area contributed by atoms with Gasteiger partial charge in [-0.15, -0.1) is 0 Å². The average Bonchev–Trinajstić information content (AvgIpc) is 2.39. The molecule has 1 aromatic rings. The number of hydrogen-bond donors (Lipinski definition) is 1. The monoisotopic (exact) mass is 281 g/mol. The zero-order valence-electron chi connectivity index (χ0n) is 10.7. The SMILES string of the molecule is CC(=O)NC1CCN(C(=O)c2cnccc2Cl)CC1. The van der Waals surface area contributed by atoms with Crippen LogP contribution in [0, 0.1) is 0 Å². The number of aromatic nitrogens is 1. The molecule has 102 valence electrons. The maximum Gasteiger partial charge on any atom is 0.256 e. The Hall–Kier alpha value is -1.62. The summed E-state index contributed by atoms with van der Waals surface area (Å²) in [6, 6.07) is 1.77. The minimum absolute atomic E-state index is 0.0277. The minimum atomic E-state index is -0.0978. The highest BCUT2D eigenvalue weighted by Crippen LogP contribution is 2.19. The van der Waals surface area contributed by atoms with E-state index in [2.05, 4.69) is 10.3 Å². The Labute approximate surface area is 117 Å². The Morgan fingerprint density at radius 1 is 1.42 bits per heavy atom.